The lowest BCUT2D eigenvalue weighted by atomic mass is 10.0. The number of benzene rings is 1. The van der Waals surface area contributed by atoms with Crippen molar-refractivity contribution in [2.75, 3.05) is 29.9 Å². The van der Waals surface area contributed by atoms with Crippen LogP contribution in [0, 0.1) is 6.92 Å². The van der Waals surface area contributed by atoms with Gasteiger partial charge in [0.25, 0.3) is 0 Å². The van der Waals surface area contributed by atoms with Gasteiger partial charge in [0.2, 0.25) is 11.9 Å². The highest BCUT2D eigenvalue weighted by atomic mass is 19.4. The lowest BCUT2D eigenvalue weighted by Crippen LogP contribution is -2.48. The van der Waals surface area contributed by atoms with Crippen LogP contribution >= 0.6 is 0 Å². The molecule has 1 amide bonds. The summed E-state index contributed by atoms with van der Waals surface area (Å²) in [5.41, 5.74) is 2.13. The maximum absolute atomic E-state index is 12.9. The second-order valence-electron chi connectivity index (χ2n) is 7.15. The second-order valence-corrected chi connectivity index (χ2v) is 7.15. The molecule has 0 bridgehead atoms. The number of pyridine rings is 1. The molecule has 1 aliphatic rings. The van der Waals surface area contributed by atoms with Crippen LogP contribution in [-0.4, -0.2) is 40.5 Å². The Balaban J connectivity index is 1.56. The summed E-state index contributed by atoms with van der Waals surface area (Å²) in [5, 5.41) is 5.62. The van der Waals surface area contributed by atoms with Crippen molar-refractivity contribution in [1.82, 2.24) is 20.3 Å². The molecule has 3 aromatic rings. The number of nitrogens with zero attached hydrogens (tertiary/aromatic N) is 4. The van der Waals surface area contributed by atoms with Crippen molar-refractivity contribution < 1.29 is 18.0 Å². The maximum Gasteiger partial charge on any atom is 0.433 e. The molecular weight excluding hydrogens is 409 g/mol. The monoisotopic (exact) mass is 428 g/mol. The predicted molar refractivity (Wildman–Crippen MR) is 110 cm³/mol. The highest BCUT2D eigenvalue weighted by Gasteiger charge is 2.32. The number of rotatable bonds is 4. The van der Waals surface area contributed by atoms with Crippen LogP contribution in [0.2, 0.25) is 0 Å². The zero-order valence-electron chi connectivity index (χ0n) is 16.6. The summed E-state index contributed by atoms with van der Waals surface area (Å²) in [6.07, 6.45) is -1.76. The Hall–Kier alpha value is -3.69. The van der Waals surface area contributed by atoms with Gasteiger partial charge in [-0.05, 0) is 48.4 Å². The molecule has 0 aliphatic carbocycles. The van der Waals surface area contributed by atoms with Gasteiger partial charge in [-0.3, -0.25) is 4.79 Å². The lowest BCUT2D eigenvalue weighted by molar-refractivity contribution is -0.141. The maximum atomic E-state index is 12.9. The number of nitrogens with one attached hydrogen (secondary N) is 2. The van der Waals surface area contributed by atoms with E-state index in [0.29, 0.717) is 24.6 Å². The van der Waals surface area contributed by atoms with Gasteiger partial charge < -0.3 is 15.5 Å². The van der Waals surface area contributed by atoms with E-state index in [0.717, 1.165) is 29.0 Å². The summed E-state index contributed by atoms with van der Waals surface area (Å²) >= 11 is 0. The molecule has 1 saturated heterocycles. The first-order chi connectivity index (χ1) is 14.8. The Morgan fingerprint density at radius 1 is 1.10 bits per heavy atom. The molecule has 0 saturated carbocycles. The molecule has 0 radical (unpaired) electrons. The van der Waals surface area contributed by atoms with Gasteiger partial charge in [0, 0.05) is 36.7 Å². The van der Waals surface area contributed by atoms with Crippen molar-refractivity contribution in [2.45, 2.75) is 13.1 Å². The minimum absolute atomic E-state index is 0.0386. The zero-order chi connectivity index (χ0) is 22.0. The third kappa shape index (κ3) is 4.90. The van der Waals surface area contributed by atoms with Crippen molar-refractivity contribution in [1.29, 1.82) is 0 Å². The van der Waals surface area contributed by atoms with E-state index in [1.807, 2.05) is 30.0 Å². The van der Waals surface area contributed by atoms with Gasteiger partial charge in [0.05, 0.1) is 6.54 Å². The van der Waals surface area contributed by atoms with Crippen LogP contribution in [0.1, 0.15) is 11.3 Å². The SMILES string of the molecule is Cc1cc(Nc2nccc(C(F)(F)F)n2)cc(-c2ccc(N3CCNC(=O)C3)nc2)c1. The van der Waals surface area contributed by atoms with E-state index < -0.39 is 11.9 Å². The third-order valence-corrected chi connectivity index (χ3v) is 4.72. The number of carbonyl (C=O) groups excluding carboxylic acids is 1. The fraction of sp³-hybridized carbons (Fsp3) is 0.238. The van der Waals surface area contributed by atoms with Crippen molar-refractivity contribution in [2.24, 2.45) is 0 Å². The highest BCUT2D eigenvalue weighted by molar-refractivity contribution is 5.82. The molecule has 1 aromatic carbocycles. The Labute approximate surface area is 176 Å². The first-order valence-electron chi connectivity index (χ1n) is 9.55. The molecule has 31 heavy (non-hydrogen) atoms. The number of piperazine rings is 1. The van der Waals surface area contributed by atoms with E-state index in [1.165, 1.54) is 0 Å². The Morgan fingerprint density at radius 3 is 2.65 bits per heavy atom. The van der Waals surface area contributed by atoms with Crippen LogP contribution < -0.4 is 15.5 Å². The number of amides is 1. The fourth-order valence-corrected chi connectivity index (χ4v) is 3.31. The molecule has 160 valence electrons. The summed E-state index contributed by atoms with van der Waals surface area (Å²) in [5.74, 6) is 0.536. The van der Waals surface area contributed by atoms with Crippen LogP contribution in [0.4, 0.5) is 30.6 Å². The molecule has 0 unspecified atom stereocenters. The van der Waals surface area contributed by atoms with E-state index in [2.05, 4.69) is 25.6 Å². The minimum Gasteiger partial charge on any atom is -0.353 e. The lowest BCUT2D eigenvalue weighted by Gasteiger charge is -2.27. The normalized spacial score (nSPS) is 14.3. The average molecular weight is 428 g/mol. The molecule has 4 rings (SSSR count). The van der Waals surface area contributed by atoms with Crippen molar-refractivity contribution in [3.05, 3.63) is 60.0 Å². The summed E-state index contributed by atoms with van der Waals surface area (Å²) in [6, 6.07) is 10.1. The Bertz CT molecular complexity index is 1100. The molecule has 10 heteroatoms. The van der Waals surface area contributed by atoms with Gasteiger partial charge in [0.1, 0.15) is 11.5 Å². The molecular formula is C21H19F3N6O. The first kappa shape index (κ1) is 20.6. The minimum atomic E-state index is -4.54. The van der Waals surface area contributed by atoms with Crippen LogP contribution in [0.3, 0.4) is 0 Å². The number of anilines is 3. The van der Waals surface area contributed by atoms with E-state index in [4.69, 9.17) is 0 Å². The fourth-order valence-electron chi connectivity index (χ4n) is 3.31. The molecule has 7 nitrogen and oxygen atoms in total. The van der Waals surface area contributed by atoms with Gasteiger partial charge >= 0.3 is 6.18 Å². The highest BCUT2D eigenvalue weighted by Crippen LogP contribution is 2.29. The van der Waals surface area contributed by atoms with E-state index in [-0.39, 0.29) is 18.4 Å². The summed E-state index contributed by atoms with van der Waals surface area (Å²) in [6.45, 7) is 3.41. The van der Waals surface area contributed by atoms with Gasteiger partial charge in [-0.1, -0.05) is 6.07 Å². The van der Waals surface area contributed by atoms with E-state index in [9.17, 15) is 18.0 Å². The van der Waals surface area contributed by atoms with E-state index in [1.54, 1.807) is 18.3 Å². The predicted octanol–water partition coefficient (Wildman–Crippen LogP) is 3.55. The molecule has 2 N–H and O–H groups in total. The van der Waals surface area contributed by atoms with Crippen LogP contribution in [-0.2, 0) is 11.0 Å². The number of hydrogen-bond donors (Lipinski definition) is 2. The molecule has 2 aromatic heterocycles. The molecule has 0 atom stereocenters. The van der Waals surface area contributed by atoms with Gasteiger partial charge in [0.15, 0.2) is 0 Å². The second kappa shape index (κ2) is 8.21. The molecule has 1 aliphatic heterocycles. The summed E-state index contributed by atoms with van der Waals surface area (Å²) < 4.78 is 38.7. The van der Waals surface area contributed by atoms with Crippen LogP contribution in [0.15, 0.2) is 48.8 Å². The first-order valence-corrected chi connectivity index (χ1v) is 9.55. The van der Waals surface area contributed by atoms with Gasteiger partial charge in [-0.2, -0.15) is 13.2 Å². The topological polar surface area (TPSA) is 83.0 Å². The smallest absolute Gasteiger partial charge is 0.353 e. The van der Waals surface area contributed by atoms with E-state index >= 15 is 0 Å². The zero-order valence-corrected chi connectivity index (χ0v) is 16.6. The molecule has 3 heterocycles. The molecule has 1 fully saturated rings. The largest absolute Gasteiger partial charge is 0.433 e. The molecule has 0 spiro atoms. The number of halogens is 3. The quantitative estimate of drug-likeness (QED) is 0.662. The van der Waals surface area contributed by atoms with Crippen LogP contribution in [0.25, 0.3) is 11.1 Å². The van der Waals surface area contributed by atoms with Crippen molar-refractivity contribution in [3.63, 3.8) is 0 Å². The third-order valence-electron chi connectivity index (χ3n) is 4.72. The van der Waals surface area contributed by atoms with Crippen molar-refractivity contribution in [3.8, 4) is 11.1 Å². The summed E-state index contributed by atoms with van der Waals surface area (Å²) in [7, 11) is 0. The van der Waals surface area contributed by atoms with Crippen LogP contribution in [0.5, 0.6) is 0 Å². The number of hydrogen-bond acceptors (Lipinski definition) is 6. The van der Waals surface area contributed by atoms with Crippen molar-refractivity contribution >= 4 is 23.4 Å². The standard InChI is InChI=1S/C21H19F3N6O/c1-13-8-15(14-2-3-18(27-11-14)30-7-6-25-19(31)12-30)10-16(9-13)28-20-26-5-4-17(29-20)21(22,23)24/h2-5,8-11H,6-7,12H2,1H3,(H,25,31)(H,26,28,29). The van der Waals surface area contributed by atoms with Gasteiger partial charge in [-0.15, -0.1) is 0 Å². The number of aryl methyl sites for hydroxylation is 1. The Kier molecular flexibility index (Phi) is 5.45. The van der Waals surface area contributed by atoms with Gasteiger partial charge in [-0.25, -0.2) is 15.0 Å². The number of aromatic nitrogens is 3. The number of alkyl halides is 3. The summed E-state index contributed by atoms with van der Waals surface area (Å²) in [4.78, 5) is 25.4. The number of carbonyl (C=O) groups is 1. The Morgan fingerprint density at radius 2 is 1.94 bits per heavy atom. The average Bonchev–Trinajstić information content (AvgIpc) is 2.73.